The number of anilines is 1. The highest BCUT2D eigenvalue weighted by atomic mass is 32.1. The van der Waals surface area contributed by atoms with Gasteiger partial charge in [-0.15, -0.1) is 21.5 Å². The van der Waals surface area contributed by atoms with Crippen LogP contribution in [0.15, 0.2) is 0 Å². The Bertz CT molecular complexity index is 741. The number of thiophene rings is 1. The van der Waals surface area contributed by atoms with E-state index < -0.39 is 0 Å². The zero-order valence-electron chi connectivity index (χ0n) is 13.6. The molecule has 0 saturated heterocycles. The van der Waals surface area contributed by atoms with Crippen molar-refractivity contribution in [2.24, 2.45) is 5.92 Å². The molecule has 0 spiro atoms. The van der Waals surface area contributed by atoms with Crippen molar-refractivity contribution in [2.75, 3.05) is 11.9 Å². The van der Waals surface area contributed by atoms with Crippen molar-refractivity contribution in [3.63, 3.8) is 0 Å². The van der Waals surface area contributed by atoms with Gasteiger partial charge in [0.25, 0.3) is 0 Å². The molecule has 2 aromatic rings. The average molecular weight is 349 g/mol. The lowest BCUT2D eigenvalue weighted by Gasteiger charge is -2.18. The largest absolute Gasteiger partial charge is 0.462 e. The second kappa shape index (κ2) is 7.08. The summed E-state index contributed by atoms with van der Waals surface area (Å²) >= 11 is 1.46. The van der Waals surface area contributed by atoms with Crippen LogP contribution in [0.2, 0.25) is 0 Å². The highest BCUT2D eigenvalue weighted by Crippen LogP contribution is 2.40. The fourth-order valence-electron chi connectivity index (χ4n) is 2.83. The van der Waals surface area contributed by atoms with Gasteiger partial charge in [0.1, 0.15) is 5.00 Å². The van der Waals surface area contributed by atoms with Crippen LogP contribution in [0.1, 0.15) is 46.9 Å². The van der Waals surface area contributed by atoms with Gasteiger partial charge in [-0.2, -0.15) is 5.21 Å². The molecule has 0 saturated carbocycles. The second-order valence-electron chi connectivity index (χ2n) is 5.83. The smallest absolute Gasteiger partial charge is 0.341 e. The molecule has 1 aliphatic rings. The number of carbonyl (C=O) groups is 2. The molecule has 0 fully saturated rings. The number of rotatable bonds is 5. The highest BCUT2D eigenvalue weighted by Gasteiger charge is 2.29. The quantitative estimate of drug-likeness (QED) is 0.796. The van der Waals surface area contributed by atoms with E-state index in [2.05, 4.69) is 32.9 Å². The molecule has 2 heterocycles. The van der Waals surface area contributed by atoms with E-state index in [1.165, 1.54) is 11.3 Å². The van der Waals surface area contributed by atoms with Crippen LogP contribution < -0.4 is 5.32 Å². The van der Waals surface area contributed by atoms with Crippen LogP contribution in [0.4, 0.5) is 5.00 Å². The maximum atomic E-state index is 12.4. The molecule has 9 heteroatoms. The number of esters is 1. The van der Waals surface area contributed by atoms with E-state index in [9.17, 15) is 9.59 Å². The van der Waals surface area contributed by atoms with Crippen molar-refractivity contribution < 1.29 is 14.3 Å². The predicted octanol–water partition coefficient (Wildman–Crippen LogP) is 1.74. The number of nitrogens with one attached hydrogen (secondary N) is 2. The molecule has 1 atom stereocenters. The Morgan fingerprint density at radius 3 is 3.00 bits per heavy atom. The molecular weight excluding hydrogens is 330 g/mol. The zero-order valence-corrected chi connectivity index (χ0v) is 14.4. The minimum atomic E-state index is -0.376. The third-order valence-electron chi connectivity index (χ3n) is 3.95. The van der Waals surface area contributed by atoms with E-state index in [-0.39, 0.29) is 18.3 Å². The van der Waals surface area contributed by atoms with E-state index in [1.54, 1.807) is 6.92 Å². The molecule has 1 unspecified atom stereocenters. The van der Waals surface area contributed by atoms with Crippen molar-refractivity contribution in [3.05, 3.63) is 21.8 Å². The third-order valence-corrected chi connectivity index (χ3v) is 5.12. The lowest BCUT2D eigenvalue weighted by Crippen LogP contribution is -2.18. The van der Waals surface area contributed by atoms with E-state index >= 15 is 0 Å². The van der Waals surface area contributed by atoms with Gasteiger partial charge in [-0.1, -0.05) is 12.1 Å². The van der Waals surface area contributed by atoms with Gasteiger partial charge in [0.05, 0.1) is 18.6 Å². The molecule has 1 aliphatic carbocycles. The standard InChI is InChI=1S/C15H19N5O3S/c1-3-23-15(22)13-9-5-4-8(2)6-10(9)24-14(13)16-12(21)7-11-17-19-20-18-11/h8H,3-7H2,1-2H3,(H,16,21)(H,17,18,19,20). The molecular formula is C15H19N5O3S. The topological polar surface area (TPSA) is 110 Å². The van der Waals surface area contributed by atoms with Crippen molar-refractivity contribution >= 4 is 28.2 Å². The van der Waals surface area contributed by atoms with Crippen LogP contribution in [0, 0.1) is 5.92 Å². The van der Waals surface area contributed by atoms with Gasteiger partial charge in [0, 0.05) is 4.88 Å². The van der Waals surface area contributed by atoms with E-state index in [0.717, 1.165) is 29.7 Å². The maximum absolute atomic E-state index is 12.4. The number of tetrazole rings is 1. The van der Waals surface area contributed by atoms with Crippen LogP contribution in [0.25, 0.3) is 0 Å². The molecule has 0 aliphatic heterocycles. The average Bonchev–Trinajstić information content (AvgIpc) is 3.14. The fraction of sp³-hybridized carbons (Fsp3) is 0.533. The Morgan fingerprint density at radius 2 is 2.29 bits per heavy atom. The summed E-state index contributed by atoms with van der Waals surface area (Å²) in [5, 5.41) is 16.6. The highest BCUT2D eigenvalue weighted by molar-refractivity contribution is 7.17. The first kappa shape index (κ1) is 16.6. The minimum absolute atomic E-state index is 0.00225. The third kappa shape index (κ3) is 3.45. The molecule has 2 aromatic heterocycles. The summed E-state index contributed by atoms with van der Waals surface area (Å²) in [6, 6.07) is 0. The monoisotopic (exact) mass is 349 g/mol. The summed E-state index contributed by atoms with van der Waals surface area (Å²) in [6.07, 6.45) is 2.79. The van der Waals surface area contributed by atoms with Gasteiger partial charge in [-0.25, -0.2) is 4.79 Å². The molecule has 128 valence electrons. The summed E-state index contributed by atoms with van der Waals surface area (Å²) in [5.41, 5.74) is 1.52. The van der Waals surface area contributed by atoms with Gasteiger partial charge in [0.15, 0.2) is 5.82 Å². The van der Waals surface area contributed by atoms with E-state index in [0.29, 0.717) is 28.9 Å². The van der Waals surface area contributed by atoms with Gasteiger partial charge >= 0.3 is 5.97 Å². The van der Waals surface area contributed by atoms with Crippen LogP contribution in [-0.2, 0) is 28.8 Å². The summed E-state index contributed by atoms with van der Waals surface area (Å²) in [4.78, 5) is 25.7. The molecule has 0 aromatic carbocycles. The minimum Gasteiger partial charge on any atom is -0.462 e. The van der Waals surface area contributed by atoms with Crippen LogP contribution >= 0.6 is 11.3 Å². The number of aromatic nitrogens is 4. The summed E-state index contributed by atoms with van der Waals surface area (Å²) < 4.78 is 5.18. The van der Waals surface area contributed by atoms with Gasteiger partial charge in [-0.05, 0) is 37.7 Å². The van der Waals surface area contributed by atoms with Crippen molar-refractivity contribution in [1.29, 1.82) is 0 Å². The molecule has 3 rings (SSSR count). The SMILES string of the molecule is CCOC(=O)c1c(NC(=O)Cc2nn[nH]n2)sc2c1CCC(C)C2. The summed E-state index contributed by atoms with van der Waals surface area (Å²) in [7, 11) is 0. The normalized spacial score (nSPS) is 16.5. The Labute approximate surface area is 143 Å². The summed E-state index contributed by atoms with van der Waals surface area (Å²) in [6.45, 7) is 4.27. The number of ether oxygens (including phenoxy) is 1. The first-order valence-corrected chi connectivity index (χ1v) is 8.74. The second-order valence-corrected chi connectivity index (χ2v) is 6.93. The number of H-pyrrole nitrogens is 1. The molecule has 0 radical (unpaired) electrons. The van der Waals surface area contributed by atoms with Gasteiger partial charge in [0.2, 0.25) is 5.91 Å². The predicted molar refractivity (Wildman–Crippen MR) is 88.0 cm³/mol. The number of amides is 1. The Kier molecular flexibility index (Phi) is 4.89. The van der Waals surface area contributed by atoms with Gasteiger partial charge in [-0.3, -0.25) is 4.79 Å². The number of carbonyl (C=O) groups excluding carboxylic acids is 2. The number of nitrogens with zero attached hydrogens (tertiary/aromatic N) is 3. The van der Waals surface area contributed by atoms with Crippen molar-refractivity contribution in [1.82, 2.24) is 20.6 Å². The van der Waals surface area contributed by atoms with E-state index in [1.807, 2.05) is 0 Å². The fourth-order valence-corrected chi connectivity index (χ4v) is 4.24. The first-order valence-electron chi connectivity index (χ1n) is 7.92. The molecule has 8 nitrogen and oxygen atoms in total. The Balaban J connectivity index is 1.85. The molecule has 0 bridgehead atoms. The van der Waals surface area contributed by atoms with Crippen molar-refractivity contribution in [3.8, 4) is 0 Å². The first-order chi connectivity index (χ1) is 11.6. The number of fused-ring (bicyclic) bond motifs is 1. The van der Waals surface area contributed by atoms with E-state index in [4.69, 9.17) is 4.74 Å². The molecule has 2 N–H and O–H groups in total. The molecule has 24 heavy (non-hydrogen) atoms. The lowest BCUT2D eigenvalue weighted by atomic mass is 9.88. The summed E-state index contributed by atoms with van der Waals surface area (Å²) in [5.74, 6) is 0.224. The van der Waals surface area contributed by atoms with Crippen molar-refractivity contribution in [2.45, 2.75) is 39.5 Å². The van der Waals surface area contributed by atoms with Crippen LogP contribution in [0.3, 0.4) is 0 Å². The van der Waals surface area contributed by atoms with Crippen LogP contribution in [0.5, 0.6) is 0 Å². The molecule has 1 amide bonds. The van der Waals surface area contributed by atoms with Gasteiger partial charge < -0.3 is 10.1 Å². The lowest BCUT2D eigenvalue weighted by molar-refractivity contribution is -0.115. The number of hydrogen-bond donors (Lipinski definition) is 2. The van der Waals surface area contributed by atoms with Crippen LogP contribution in [-0.4, -0.2) is 39.1 Å². The number of aromatic amines is 1. The number of hydrogen-bond acceptors (Lipinski definition) is 7. The Morgan fingerprint density at radius 1 is 1.46 bits per heavy atom. The zero-order chi connectivity index (χ0) is 17.1. The Hall–Kier alpha value is -2.29. The maximum Gasteiger partial charge on any atom is 0.341 e.